The molecule has 160 valence electrons. The first-order chi connectivity index (χ1) is 14.1. The molecule has 2 aliphatic rings. The summed E-state index contributed by atoms with van der Waals surface area (Å²) in [4.78, 5) is 21.8. The Labute approximate surface area is 174 Å². The lowest BCUT2D eigenvalue weighted by Gasteiger charge is -2.36. The lowest BCUT2D eigenvalue weighted by molar-refractivity contribution is -0.140. The fourth-order valence-corrected chi connectivity index (χ4v) is 4.01. The maximum atomic E-state index is 12.8. The predicted molar refractivity (Wildman–Crippen MR) is 114 cm³/mol. The van der Waals surface area contributed by atoms with Crippen LogP contribution >= 0.6 is 0 Å². The molecule has 2 aliphatic heterocycles. The number of guanidine groups is 1. The van der Waals surface area contributed by atoms with E-state index in [9.17, 15) is 4.79 Å². The number of aryl methyl sites for hydroxylation is 1. The summed E-state index contributed by atoms with van der Waals surface area (Å²) in [7, 11) is 1.69. The second-order valence-corrected chi connectivity index (χ2v) is 7.73. The molecule has 2 saturated heterocycles. The van der Waals surface area contributed by atoms with Gasteiger partial charge in [-0.15, -0.1) is 0 Å². The van der Waals surface area contributed by atoms with Gasteiger partial charge in [0.25, 0.3) is 0 Å². The topological polar surface area (TPSA) is 66.4 Å². The van der Waals surface area contributed by atoms with Gasteiger partial charge >= 0.3 is 0 Å². The van der Waals surface area contributed by atoms with E-state index < -0.39 is 0 Å². The third kappa shape index (κ3) is 5.85. The second-order valence-electron chi connectivity index (χ2n) is 7.73. The number of hydrogen-bond donors (Lipinski definition) is 1. The van der Waals surface area contributed by atoms with Crippen molar-refractivity contribution < 1.29 is 14.3 Å². The SMILES string of the molecule is CCNC(=NCc1cc(C)cc(OC)c1)N1CCC(C(=O)N2CCOCC2)CC1. The van der Waals surface area contributed by atoms with Crippen LogP contribution in [-0.4, -0.2) is 74.7 Å². The first-order valence-electron chi connectivity index (χ1n) is 10.6. The number of rotatable bonds is 5. The number of methoxy groups -OCH3 is 1. The summed E-state index contributed by atoms with van der Waals surface area (Å²) in [6, 6.07) is 6.20. The monoisotopic (exact) mass is 402 g/mol. The maximum Gasteiger partial charge on any atom is 0.225 e. The molecule has 1 aromatic rings. The molecule has 1 amide bonds. The third-order valence-electron chi connectivity index (χ3n) is 5.56. The Hall–Kier alpha value is -2.28. The summed E-state index contributed by atoms with van der Waals surface area (Å²) in [5, 5.41) is 3.41. The van der Waals surface area contributed by atoms with Crippen molar-refractivity contribution in [2.75, 3.05) is 53.0 Å². The Morgan fingerprint density at radius 1 is 1.17 bits per heavy atom. The highest BCUT2D eigenvalue weighted by molar-refractivity contribution is 5.82. The Morgan fingerprint density at radius 3 is 2.55 bits per heavy atom. The van der Waals surface area contributed by atoms with Crippen molar-refractivity contribution in [1.82, 2.24) is 15.1 Å². The molecule has 29 heavy (non-hydrogen) atoms. The standard InChI is InChI=1S/C22H34N4O3/c1-4-23-22(24-16-18-13-17(2)14-20(15-18)28-3)26-7-5-19(6-8-26)21(27)25-9-11-29-12-10-25/h13-15,19H,4-12,16H2,1-3H3,(H,23,24). The first kappa shape index (κ1) is 21.4. The summed E-state index contributed by atoms with van der Waals surface area (Å²) < 4.78 is 10.7. The summed E-state index contributed by atoms with van der Waals surface area (Å²) in [6.07, 6.45) is 1.75. The van der Waals surface area contributed by atoms with Gasteiger partial charge in [0.05, 0.1) is 26.9 Å². The van der Waals surface area contributed by atoms with Gasteiger partial charge in [-0.1, -0.05) is 6.07 Å². The highest BCUT2D eigenvalue weighted by atomic mass is 16.5. The molecule has 1 aromatic carbocycles. The second kappa shape index (κ2) is 10.5. The molecule has 2 heterocycles. The molecule has 0 spiro atoms. The van der Waals surface area contributed by atoms with Gasteiger partial charge in [0, 0.05) is 38.6 Å². The number of aliphatic imine (C=N–C) groups is 1. The van der Waals surface area contributed by atoms with Crippen LogP contribution in [0.3, 0.4) is 0 Å². The average Bonchev–Trinajstić information content (AvgIpc) is 2.76. The molecular weight excluding hydrogens is 368 g/mol. The molecule has 7 heteroatoms. The van der Waals surface area contributed by atoms with Crippen LogP contribution in [0.2, 0.25) is 0 Å². The zero-order chi connectivity index (χ0) is 20.6. The van der Waals surface area contributed by atoms with E-state index in [-0.39, 0.29) is 5.92 Å². The molecular formula is C22H34N4O3. The fraction of sp³-hybridized carbons (Fsp3) is 0.636. The smallest absolute Gasteiger partial charge is 0.225 e. The summed E-state index contributed by atoms with van der Waals surface area (Å²) in [5.74, 6) is 2.20. The molecule has 1 N–H and O–H groups in total. The van der Waals surface area contributed by atoms with Gasteiger partial charge in [-0.05, 0) is 49.9 Å². The van der Waals surface area contributed by atoms with Crippen LogP contribution < -0.4 is 10.1 Å². The van der Waals surface area contributed by atoms with Crippen molar-refractivity contribution in [3.05, 3.63) is 29.3 Å². The van der Waals surface area contributed by atoms with Gasteiger partial charge in [0.15, 0.2) is 5.96 Å². The van der Waals surface area contributed by atoms with Gasteiger partial charge < -0.3 is 24.6 Å². The quantitative estimate of drug-likeness (QED) is 0.603. The number of likely N-dealkylation sites (tertiary alicyclic amines) is 1. The number of piperidine rings is 1. The van der Waals surface area contributed by atoms with Gasteiger partial charge in [-0.2, -0.15) is 0 Å². The lowest BCUT2D eigenvalue weighted by Crippen LogP contribution is -2.50. The number of amides is 1. The number of nitrogens with zero attached hydrogens (tertiary/aromatic N) is 3. The van der Waals surface area contributed by atoms with E-state index in [1.165, 1.54) is 5.56 Å². The molecule has 0 atom stereocenters. The Bertz CT molecular complexity index is 708. The van der Waals surface area contributed by atoms with Crippen LogP contribution in [0.5, 0.6) is 5.75 Å². The summed E-state index contributed by atoms with van der Waals surface area (Å²) >= 11 is 0. The number of morpholine rings is 1. The van der Waals surface area contributed by atoms with Crippen molar-refractivity contribution >= 4 is 11.9 Å². The van der Waals surface area contributed by atoms with Crippen LogP contribution in [-0.2, 0) is 16.1 Å². The van der Waals surface area contributed by atoms with E-state index in [4.69, 9.17) is 14.5 Å². The van der Waals surface area contributed by atoms with Gasteiger partial charge in [0.2, 0.25) is 5.91 Å². The average molecular weight is 403 g/mol. The Morgan fingerprint density at radius 2 is 1.90 bits per heavy atom. The molecule has 0 bridgehead atoms. The molecule has 7 nitrogen and oxygen atoms in total. The minimum Gasteiger partial charge on any atom is -0.497 e. The van der Waals surface area contributed by atoms with Gasteiger partial charge in [-0.25, -0.2) is 4.99 Å². The van der Waals surface area contributed by atoms with Gasteiger partial charge in [-0.3, -0.25) is 4.79 Å². The van der Waals surface area contributed by atoms with E-state index in [0.717, 1.165) is 62.8 Å². The minimum absolute atomic E-state index is 0.119. The zero-order valence-corrected chi connectivity index (χ0v) is 17.9. The molecule has 0 saturated carbocycles. The summed E-state index contributed by atoms with van der Waals surface area (Å²) in [5.41, 5.74) is 2.30. The number of carbonyl (C=O) groups is 1. The summed E-state index contributed by atoms with van der Waals surface area (Å²) in [6.45, 7) is 10.0. The normalized spacial score (nSPS) is 18.7. The minimum atomic E-state index is 0.119. The highest BCUT2D eigenvalue weighted by Crippen LogP contribution is 2.21. The van der Waals surface area contributed by atoms with Crippen molar-refractivity contribution in [2.24, 2.45) is 10.9 Å². The molecule has 0 aliphatic carbocycles. The van der Waals surface area contributed by atoms with Gasteiger partial charge in [0.1, 0.15) is 5.75 Å². The molecule has 2 fully saturated rings. The predicted octanol–water partition coefficient (Wildman–Crippen LogP) is 2.04. The maximum absolute atomic E-state index is 12.8. The van der Waals surface area contributed by atoms with E-state index in [1.54, 1.807) is 7.11 Å². The van der Waals surface area contributed by atoms with Crippen LogP contribution in [0.1, 0.15) is 30.9 Å². The fourth-order valence-electron chi connectivity index (χ4n) is 4.01. The molecule has 0 unspecified atom stereocenters. The Balaban J connectivity index is 1.59. The molecule has 0 radical (unpaired) electrons. The first-order valence-corrected chi connectivity index (χ1v) is 10.6. The van der Waals surface area contributed by atoms with E-state index >= 15 is 0 Å². The van der Waals surface area contributed by atoms with Crippen LogP contribution in [0.4, 0.5) is 0 Å². The van der Waals surface area contributed by atoms with E-state index in [0.29, 0.717) is 25.7 Å². The number of ether oxygens (including phenoxy) is 2. The zero-order valence-electron chi connectivity index (χ0n) is 17.9. The van der Waals surface area contributed by atoms with Crippen LogP contribution in [0, 0.1) is 12.8 Å². The molecule has 0 aromatic heterocycles. The van der Waals surface area contributed by atoms with Crippen molar-refractivity contribution in [2.45, 2.75) is 33.2 Å². The number of carbonyl (C=O) groups excluding carboxylic acids is 1. The van der Waals surface area contributed by atoms with E-state index in [2.05, 4.69) is 30.1 Å². The van der Waals surface area contributed by atoms with Crippen molar-refractivity contribution in [1.29, 1.82) is 0 Å². The number of benzene rings is 1. The van der Waals surface area contributed by atoms with Crippen molar-refractivity contribution in [3.8, 4) is 5.75 Å². The number of nitrogens with one attached hydrogen (secondary N) is 1. The van der Waals surface area contributed by atoms with Crippen LogP contribution in [0.15, 0.2) is 23.2 Å². The third-order valence-corrected chi connectivity index (χ3v) is 5.56. The lowest BCUT2D eigenvalue weighted by atomic mass is 9.95. The largest absolute Gasteiger partial charge is 0.497 e. The number of hydrogen-bond acceptors (Lipinski definition) is 4. The van der Waals surface area contributed by atoms with Crippen LogP contribution in [0.25, 0.3) is 0 Å². The van der Waals surface area contributed by atoms with Crippen molar-refractivity contribution in [3.63, 3.8) is 0 Å². The highest BCUT2D eigenvalue weighted by Gasteiger charge is 2.30. The Kier molecular flexibility index (Phi) is 7.75. The van der Waals surface area contributed by atoms with E-state index in [1.807, 2.05) is 17.0 Å². The molecule has 3 rings (SSSR count).